The Kier molecular flexibility index (Phi) is 3.97. The number of rotatable bonds is 3. The third kappa shape index (κ3) is 2.61. The van der Waals surface area contributed by atoms with Gasteiger partial charge in [-0.2, -0.15) is 0 Å². The molecule has 3 heterocycles. The summed E-state index contributed by atoms with van der Waals surface area (Å²) in [7, 11) is 2.13. The number of fused-ring (bicyclic) bond motifs is 2. The quantitative estimate of drug-likeness (QED) is 0.906. The summed E-state index contributed by atoms with van der Waals surface area (Å²) in [5.41, 5.74) is 0. The summed E-state index contributed by atoms with van der Waals surface area (Å²) in [5.74, 6) is 0. The topological polar surface area (TPSA) is 15.3 Å². The van der Waals surface area contributed by atoms with Crippen LogP contribution < -0.4 is 5.32 Å². The molecular weight excluding hydrogens is 252 g/mol. The van der Waals surface area contributed by atoms with Crippen molar-refractivity contribution in [2.75, 3.05) is 7.05 Å². The molecule has 3 heteroatoms. The molecule has 0 aromatic carbocycles. The van der Waals surface area contributed by atoms with Crippen LogP contribution in [0.5, 0.6) is 0 Å². The molecule has 2 saturated heterocycles. The number of hydrogen-bond donors (Lipinski definition) is 1. The van der Waals surface area contributed by atoms with E-state index < -0.39 is 0 Å². The maximum Gasteiger partial charge on any atom is 0.0419 e. The highest BCUT2D eigenvalue weighted by molar-refractivity contribution is 7.12. The number of nitrogens with one attached hydrogen (secondary N) is 1. The van der Waals surface area contributed by atoms with E-state index in [9.17, 15) is 0 Å². The van der Waals surface area contributed by atoms with Gasteiger partial charge in [0, 0.05) is 33.9 Å². The molecule has 2 bridgehead atoms. The first-order chi connectivity index (χ1) is 9.19. The van der Waals surface area contributed by atoms with Crippen molar-refractivity contribution in [3.63, 3.8) is 0 Å². The van der Waals surface area contributed by atoms with Crippen LogP contribution in [-0.2, 0) is 0 Å². The van der Waals surface area contributed by atoms with Gasteiger partial charge >= 0.3 is 0 Å². The maximum absolute atomic E-state index is 3.51. The number of hydrogen-bond acceptors (Lipinski definition) is 3. The molecule has 2 aliphatic rings. The van der Waals surface area contributed by atoms with Crippen molar-refractivity contribution in [3.05, 3.63) is 21.9 Å². The van der Waals surface area contributed by atoms with Crippen LogP contribution >= 0.6 is 11.3 Å². The Morgan fingerprint density at radius 1 is 1.26 bits per heavy atom. The van der Waals surface area contributed by atoms with E-state index in [1.807, 2.05) is 11.3 Å². The molecule has 0 amide bonds. The molecule has 1 aromatic heterocycles. The van der Waals surface area contributed by atoms with E-state index in [1.165, 1.54) is 37.0 Å². The van der Waals surface area contributed by atoms with Gasteiger partial charge in [0.15, 0.2) is 0 Å². The lowest BCUT2D eigenvalue weighted by Gasteiger charge is -2.51. The van der Waals surface area contributed by atoms with Gasteiger partial charge in [-0.3, -0.25) is 4.90 Å². The van der Waals surface area contributed by atoms with Crippen LogP contribution in [0.15, 0.2) is 12.1 Å². The summed E-state index contributed by atoms with van der Waals surface area (Å²) in [4.78, 5) is 5.83. The van der Waals surface area contributed by atoms with E-state index in [4.69, 9.17) is 0 Å². The van der Waals surface area contributed by atoms with E-state index in [2.05, 4.69) is 43.2 Å². The zero-order valence-corrected chi connectivity index (χ0v) is 13.2. The highest BCUT2D eigenvalue weighted by Crippen LogP contribution is 2.41. The van der Waals surface area contributed by atoms with Crippen LogP contribution in [0, 0.1) is 6.92 Å². The van der Waals surface area contributed by atoms with E-state index in [0.717, 1.165) is 18.1 Å². The molecule has 2 aliphatic heterocycles. The second-order valence-electron chi connectivity index (χ2n) is 6.27. The van der Waals surface area contributed by atoms with E-state index in [0.29, 0.717) is 6.04 Å². The lowest BCUT2D eigenvalue weighted by Crippen LogP contribution is -2.56. The van der Waals surface area contributed by atoms with E-state index in [1.54, 1.807) is 4.88 Å². The van der Waals surface area contributed by atoms with Gasteiger partial charge in [0.2, 0.25) is 0 Å². The standard InChI is InChI=1S/C16H26N2S/c1-11-7-8-16(19-11)12(2)18-14-5-4-6-15(18)10-13(9-14)17-3/h7-8,12-15,17H,4-6,9-10H2,1-3H3. The monoisotopic (exact) mass is 278 g/mol. The number of nitrogens with zero attached hydrogens (tertiary/aromatic N) is 1. The molecule has 0 saturated carbocycles. The molecule has 3 atom stereocenters. The minimum Gasteiger partial charge on any atom is -0.317 e. The summed E-state index contributed by atoms with van der Waals surface area (Å²) in [6.07, 6.45) is 6.88. The minimum atomic E-state index is 0.604. The van der Waals surface area contributed by atoms with Gasteiger partial charge < -0.3 is 5.32 Å². The minimum absolute atomic E-state index is 0.604. The van der Waals surface area contributed by atoms with Crippen molar-refractivity contribution < 1.29 is 0 Å². The Hall–Kier alpha value is -0.380. The third-order valence-electron chi connectivity index (χ3n) is 5.06. The van der Waals surface area contributed by atoms with Gasteiger partial charge in [-0.25, -0.2) is 0 Å². The first-order valence-electron chi connectivity index (χ1n) is 7.70. The van der Waals surface area contributed by atoms with Crippen LogP contribution in [0.2, 0.25) is 0 Å². The van der Waals surface area contributed by atoms with Crippen molar-refractivity contribution in [3.8, 4) is 0 Å². The Labute approximate surface area is 121 Å². The van der Waals surface area contributed by atoms with Crippen LogP contribution in [0.4, 0.5) is 0 Å². The molecule has 3 unspecified atom stereocenters. The normalized spacial score (nSPS) is 33.3. The first-order valence-corrected chi connectivity index (χ1v) is 8.51. The fourth-order valence-corrected chi connectivity index (χ4v) is 5.05. The molecule has 106 valence electrons. The maximum atomic E-state index is 3.51. The average molecular weight is 278 g/mol. The molecule has 1 aromatic rings. The third-order valence-corrected chi connectivity index (χ3v) is 6.23. The lowest BCUT2D eigenvalue weighted by atomic mass is 9.80. The largest absolute Gasteiger partial charge is 0.317 e. The molecule has 1 N–H and O–H groups in total. The van der Waals surface area contributed by atoms with Crippen LogP contribution in [-0.4, -0.2) is 30.1 Å². The summed E-state index contributed by atoms with van der Waals surface area (Å²) in [6.45, 7) is 4.63. The highest BCUT2D eigenvalue weighted by atomic mass is 32.1. The zero-order valence-electron chi connectivity index (χ0n) is 12.4. The van der Waals surface area contributed by atoms with Crippen LogP contribution in [0.3, 0.4) is 0 Å². The SMILES string of the molecule is CNC1CC2CCCC(C1)N2C(C)c1ccc(C)s1. The predicted octanol–water partition coefficient (Wildman–Crippen LogP) is 3.72. The van der Waals surface area contributed by atoms with E-state index >= 15 is 0 Å². The molecule has 0 spiro atoms. The molecular formula is C16H26N2S. The zero-order chi connectivity index (χ0) is 13.4. The van der Waals surface area contributed by atoms with Crippen molar-refractivity contribution in [1.29, 1.82) is 0 Å². The fraction of sp³-hybridized carbons (Fsp3) is 0.750. The number of piperidine rings is 2. The first kappa shape index (κ1) is 13.6. The van der Waals surface area contributed by atoms with Crippen LogP contribution in [0.1, 0.15) is 54.8 Å². The Morgan fingerprint density at radius 3 is 2.47 bits per heavy atom. The number of aryl methyl sites for hydroxylation is 1. The fourth-order valence-electron chi connectivity index (χ4n) is 4.11. The van der Waals surface area contributed by atoms with E-state index in [-0.39, 0.29) is 0 Å². The molecule has 2 nitrogen and oxygen atoms in total. The Balaban J connectivity index is 1.80. The molecule has 19 heavy (non-hydrogen) atoms. The van der Waals surface area contributed by atoms with Gasteiger partial charge in [0.25, 0.3) is 0 Å². The highest BCUT2D eigenvalue weighted by Gasteiger charge is 2.40. The van der Waals surface area contributed by atoms with Gasteiger partial charge in [0.05, 0.1) is 0 Å². The van der Waals surface area contributed by atoms with Gasteiger partial charge in [0.1, 0.15) is 0 Å². The number of thiophene rings is 1. The summed E-state index contributed by atoms with van der Waals surface area (Å²) < 4.78 is 0. The van der Waals surface area contributed by atoms with Crippen molar-refractivity contribution >= 4 is 11.3 Å². The van der Waals surface area contributed by atoms with Gasteiger partial charge in [-0.1, -0.05) is 6.42 Å². The predicted molar refractivity (Wildman–Crippen MR) is 82.8 cm³/mol. The van der Waals surface area contributed by atoms with Crippen LogP contribution in [0.25, 0.3) is 0 Å². The van der Waals surface area contributed by atoms with Crippen molar-refractivity contribution in [2.24, 2.45) is 0 Å². The lowest BCUT2D eigenvalue weighted by molar-refractivity contribution is -0.00410. The second-order valence-corrected chi connectivity index (χ2v) is 7.59. The van der Waals surface area contributed by atoms with Gasteiger partial charge in [-0.15, -0.1) is 11.3 Å². The Morgan fingerprint density at radius 2 is 1.95 bits per heavy atom. The average Bonchev–Trinajstić information content (AvgIpc) is 2.83. The van der Waals surface area contributed by atoms with Gasteiger partial charge in [-0.05, 0) is 58.7 Å². The molecule has 0 aliphatic carbocycles. The smallest absolute Gasteiger partial charge is 0.0419 e. The summed E-state index contributed by atoms with van der Waals surface area (Å²) in [6, 6.07) is 7.54. The van der Waals surface area contributed by atoms with Crippen molar-refractivity contribution in [1.82, 2.24) is 10.2 Å². The molecule has 0 radical (unpaired) electrons. The second kappa shape index (κ2) is 5.55. The molecule has 3 rings (SSSR count). The molecule has 2 fully saturated rings. The summed E-state index contributed by atoms with van der Waals surface area (Å²) >= 11 is 1.98. The summed E-state index contributed by atoms with van der Waals surface area (Å²) in [5, 5.41) is 3.51. The van der Waals surface area contributed by atoms with Crippen molar-refractivity contribution in [2.45, 2.75) is 70.1 Å². The Bertz CT molecular complexity index is 414.